The van der Waals surface area contributed by atoms with Crippen LogP contribution in [0, 0.1) is 5.92 Å². The fourth-order valence-corrected chi connectivity index (χ4v) is 1.92. The lowest BCUT2D eigenvalue weighted by atomic mass is 9.70. The van der Waals surface area contributed by atoms with Crippen LogP contribution in [0.1, 0.15) is 12.5 Å². The van der Waals surface area contributed by atoms with Gasteiger partial charge in [0.1, 0.15) is 0 Å². The highest BCUT2D eigenvalue weighted by molar-refractivity contribution is 5.26. The summed E-state index contributed by atoms with van der Waals surface area (Å²) in [6.45, 7) is 4.52. The molecule has 3 heteroatoms. The van der Waals surface area contributed by atoms with Crippen molar-refractivity contribution in [2.75, 3.05) is 19.8 Å². The van der Waals surface area contributed by atoms with Crippen molar-refractivity contribution in [2.45, 2.75) is 12.3 Å². The van der Waals surface area contributed by atoms with E-state index in [9.17, 15) is 0 Å². The average molecular weight is 180 g/mol. The van der Waals surface area contributed by atoms with Gasteiger partial charge in [0.25, 0.3) is 0 Å². The van der Waals surface area contributed by atoms with Gasteiger partial charge in [-0.05, 0) is 24.1 Å². The Morgan fingerprint density at radius 3 is 2.85 bits per heavy atom. The van der Waals surface area contributed by atoms with Crippen LogP contribution < -0.4 is 5.73 Å². The molecule has 0 radical (unpaired) electrons. The summed E-state index contributed by atoms with van der Waals surface area (Å²) in [5.74, 6) is 0.483. The lowest BCUT2D eigenvalue weighted by Gasteiger charge is -2.45. The number of hydrogen-bond donors (Lipinski definition) is 2. The van der Waals surface area contributed by atoms with E-state index in [1.807, 2.05) is 6.20 Å². The van der Waals surface area contributed by atoms with E-state index in [4.69, 9.17) is 10.5 Å². The molecule has 1 saturated heterocycles. The zero-order chi connectivity index (χ0) is 9.31. The highest BCUT2D eigenvalue weighted by Gasteiger charge is 2.44. The molecule has 0 bridgehead atoms. The van der Waals surface area contributed by atoms with E-state index in [-0.39, 0.29) is 5.41 Å². The molecule has 1 aliphatic rings. The quantitative estimate of drug-likeness (QED) is 0.725. The van der Waals surface area contributed by atoms with Crippen LogP contribution in [0.25, 0.3) is 0 Å². The molecule has 0 spiro atoms. The number of H-pyrrole nitrogens is 1. The monoisotopic (exact) mass is 180 g/mol. The minimum absolute atomic E-state index is 0.175. The van der Waals surface area contributed by atoms with Crippen molar-refractivity contribution >= 4 is 0 Å². The molecule has 1 aliphatic heterocycles. The second-order valence-electron chi connectivity index (χ2n) is 3.89. The summed E-state index contributed by atoms with van der Waals surface area (Å²) >= 11 is 0. The maximum Gasteiger partial charge on any atom is 0.0589 e. The van der Waals surface area contributed by atoms with Crippen molar-refractivity contribution in [1.82, 2.24) is 4.98 Å². The normalized spacial score (nSPS) is 22.3. The van der Waals surface area contributed by atoms with E-state index in [0.29, 0.717) is 12.5 Å². The van der Waals surface area contributed by atoms with E-state index in [1.165, 1.54) is 5.56 Å². The number of aromatic nitrogens is 1. The first-order valence-corrected chi connectivity index (χ1v) is 4.71. The fourth-order valence-electron chi connectivity index (χ4n) is 1.92. The minimum atomic E-state index is 0.175. The molecular formula is C10H16N2O. The number of ether oxygens (including phenoxy) is 1. The predicted molar refractivity (Wildman–Crippen MR) is 51.5 cm³/mol. The molecule has 0 aromatic carbocycles. The maximum atomic E-state index is 5.71. The number of hydrogen-bond acceptors (Lipinski definition) is 2. The van der Waals surface area contributed by atoms with E-state index >= 15 is 0 Å². The van der Waals surface area contributed by atoms with E-state index < -0.39 is 0 Å². The van der Waals surface area contributed by atoms with Crippen molar-refractivity contribution in [3.05, 3.63) is 24.0 Å². The molecule has 1 atom stereocenters. The topological polar surface area (TPSA) is 51.0 Å². The van der Waals surface area contributed by atoms with Crippen molar-refractivity contribution in [3.63, 3.8) is 0 Å². The molecule has 0 aliphatic carbocycles. The Morgan fingerprint density at radius 2 is 2.46 bits per heavy atom. The summed E-state index contributed by atoms with van der Waals surface area (Å²) < 4.78 is 5.32. The SMILES string of the molecule is CC(CN)C1(c2cc[nH]c2)COC1. The highest BCUT2D eigenvalue weighted by Crippen LogP contribution is 2.38. The molecule has 0 saturated carbocycles. The Kier molecular flexibility index (Phi) is 2.14. The Bertz CT molecular complexity index is 264. The van der Waals surface area contributed by atoms with Crippen LogP contribution in [0.15, 0.2) is 18.5 Å². The molecule has 2 rings (SSSR count). The third kappa shape index (κ3) is 1.19. The van der Waals surface area contributed by atoms with Gasteiger partial charge in [0.05, 0.1) is 13.2 Å². The predicted octanol–water partition coefficient (Wildman–Crippen LogP) is 0.878. The van der Waals surface area contributed by atoms with Gasteiger partial charge in [-0.3, -0.25) is 0 Å². The maximum absolute atomic E-state index is 5.71. The molecule has 0 amide bonds. The number of nitrogens with two attached hydrogens (primary N) is 1. The molecule has 3 nitrogen and oxygen atoms in total. The van der Waals surface area contributed by atoms with Crippen molar-refractivity contribution < 1.29 is 4.74 Å². The van der Waals surface area contributed by atoms with Crippen molar-refractivity contribution in [1.29, 1.82) is 0 Å². The number of rotatable bonds is 3. The van der Waals surface area contributed by atoms with Crippen LogP contribution >= 0.6 is 0 Å². The van der Waals surface area contributed by atoms with Gasteiger partial charge in [-0.2, -0.15) is 0 Å². The van der Waals surface area contributed by atoms with Crippen LogP contribution in [-0.2, 0) is 10.2 Å². The Balaban J connectivity index is 2.25. The van der Waals surface area contributed by atoms with Crippen LogP contribution in [0.2, 0.25) is 0 Å². The van der Waals surface area contributed by atoms with Crippen molar-refractivity contribution in [2.24, 2.45) is 11.7 Å². The standard InChI is InChI=1S/C10H16N2O/c1-8(4-11)10(6-13-7-10)9-2-3-12-5-9/h2-3,5,8,12H,4,6-7,11H2,1H3. The summed E-state index contributed by atoms with van der Waals surface area (Å²) in [6, 6.07) is 2.12. The Labute approximate surface area is 78.3 Å². The van der Waals surface area contributed by atoms with Crippen LogP contribution in [0.3, 0.4) is 0 Å². The van der Waals surface area contributed by atoms with Gasteiger partial charge in [-0.25, -0.2) is 0 Å². The van der Waals surface area contributed by atoms with Crippen LogP contribution in [0.5, 0.6) is 0 Å². The lowest BCUT2D eigenvalue weighted by molar-refractivity contribution is -0.0853. The summed E-state index contributed by atoms with van der Waals surface area (Å²) in [5.41, 5.74) is 7.21. The second kappa shape index (κ2) is 3.16. The van der Waals surface area contributed by atoms with Crippen LogP contribution in [0.4, 0.5) is 0 Å². The van der Waals surface area contributed by atoms with Crippen molar-refractivity contribution in [3.8, 4) is 0 Å². The largest absolute Gasteiger partial charge is 0.379 e. The summed E-state index contributed by atoms with van der Waals surface area (Å²) in [4.78, 5) is 3.09. The zero-order valence-electron chi connectivity index (χ0n) is 7.92. The van der Waals surface area contributed by atoms with Crippen LogP contribution in [-0.4, -0.2) is 24.7 Å². The smallest absolute Gasteiger partial charge is 0.0589 e. The first-order chi connectivity index (χ1) is 6.29. The lowest BCUT2D eigenvalue weighted by Crippen LogP contribution is -2.53. The van der Waals surface area contributed by atoms with E-state index in [2.05, 4.69) is 24.2 Å². The average Bonchev–Trinajstić information content (AvgIpc) is 2.55. The summed E-state index contributed by atoms with van der Waals surface area (Å²) in [6.07, 6.45) is 4.01. The van der Waals surface area contributed by atoms with Gasteiger partial charge in [0, 0.05) is 17.8 Å². The van der Waals surface area contributed by atoms with Gasteiger partial charge >= 0.3 is 0 Å². The molecule has 1 aromatic heterocycles. The van der Waals surface area contributed by atoms with Gasteiger partial charge in [-0.15, -0.1) is 0 Å². The van der Waals surface area contributed by atoms with E-state index in [1.54, 1.807) is 0 Å². The number of nitrogens with one attached hydrogen (secondary N) is 1. The molecule has 3 N–H and O–H groups in total. The first kappa shape index (κ1) is 8.78. The fraction of sp³-hybridized carbons (Fsp3) is 0.600. The summed E-state index contributed by atoms with van der Waals surface area (Å²) in [7, 11) is 0. The minimum Gasteiger partial charge on any atom is -0.379 e. The Morgan fingerprint density at radius 1 is 1.69 bits per heavy atom. The van der Waals surface area contributed by atoms with Gasteiger partial charge in [-0.1, -0.05) is 6.92 Å². The molecule has 1 fully saturated rings. The Hall–Kier alpha value is -0.800. The first-order valence-electron chi connectivity index (χ1n) is 4.71. The van der Waals surface area contributed by atoms with E-state index in [0.717, 1.165) is 13.2 Å². The molecule has 2 heterocycles. The number of aromatic amines is 1. The zero-order valence-corrected chi connectivity index (χ0v) is 7.92. The van der Waals surface area contributed by atoms with Gasteiger partial charge < -0.3 is 15.5 Å². The molecular weight excluding hydrogens is 164 g/mol. The highest BCUT2D eigenvalue weighted by atomic mass is 16.5. The summed E-state index contributed by atoms with van der Waals surface area (Å²) in [5, 5.41) is 0. The third-order valence-corrected chi connectivity index (χ3v) is 3.19. The van der Waals surface area contributed by atoms with Gasteiger partial charge in [0.2, 0.25) is 0 Å². The molecule has 1 unspecified atom stereocenters. The molecule has 1 aromatic rings. The molecule has 72 valence electrons. The molecule has 13 heavy (non-hydrogen) atoms. The second-order valence-corrected chi connectivity index (χ2v) is 3.89. The third-order valence-electron chi connectivity index (χ3n) is 3.19. The van der Waals surface area contributed by atoms with Gasteiger partial charge in [0.15, 0.2) is 0 Å².